The highest BCUT2D eigenvalue weighted by molar-refractivity contribution is 7.13. The molecule has 0 atom stereocenters. The van der Waals surface area contributed by atoms with E-state index in [0.29, 0.717) is 5.13 Å². The Balaban J connectivity index is 2.12. The second kappa shape index (κ2) is 4.15. The molecule has 82 valence electrons. The summed E-state index contributed by atoms with van der Waals surface area (Å²) in [5, 5.41) is 13.2. The van der Waals surface area contributed by atoms with Gasteiger partial charge in [-0.2, -0.15) is 0 Å². The van der Waals surface area contributed by atoms with Gasteiger partial charge in [0.05, 0.1) is 5.56 Å². The first-order valence-electron chi connectivity index (χ1n) is 4.19. The molecular weight excluding hydrogens is 232 g/mol. The predicted octanol–water partition coefficient (Wildman–Crippen LogP) is 1.69. The molecule has 2 heterocycles. The van der Waals surface area contributed by atoms with Crippen LogP contribution in [0.2, 0.25) is 0 Å². The number of furan rings is 1. The van der Waals surface area contributed by atoms with Gasteiger partial charge in [0.15, 0.2) is 10.9 Å². The first-order chi connectivity index (χ1) is 7.66. The van der Waals surface area contributed by atoms with Crippen molar-refractivity contribution in [2.24, 2.45) is 0 Å². The highest BCUT2D eigenvalue weighted by Gasteiger charge is 2.15. The fourth-order valence-electron chi connectivity index (χ4n) is 1.01. The molecule has 1 amide bonds. The number of nitrogens with one attached hydrogen (secondary N) is 1. The van der Waals surface area contributed by atoms with Crippen molar-refractivity contribution in [3.63, 3.8) is 0 Å². The van der Waals surface area contributed by atoms with Crippen molar-refractivity contribution >= 4 is 28.3 Å². The average Bonchev–Trinajstić information content (AvgIpc) is 2.86. The normalized spacial score (nSPS) is 10.0. The topological polar surface area (TPSA) is 92.4 Å². The molecule has 0 saturated heterocycles. The number of thiazole rings is 1. The minimum Gasteiger partial charge on any atom is -0.478 e. The molecule has 0 spiro atoms. The van der Waals surface area contributed by atoms with Crippen LogP contribution >= 0.6 is 11.3 Å². The molecule has 6 nitrogen and oxygen atoms in total. The lowest BCUT2D eigenvalue weighted by molar-refractivity contribution is 0.0696. The number of anilines is 1. The van der Waals surface area contributed by atoms with Gasteiger partial charge in [-0.1, -0.05) is 0 Å². The third-order valence-corrected chi connectivity index (χ3v) is 2.41. The van der Waals surface area contributed by atoms with E-state index in [1.54, 1.807) is 11.6 Å². The van der Waals surface area contributed by atoms with Crippen LogP contribution < -0.4 is 5.32 Å². The van der Waals surface area contributed by atoms with Crippen LogP contribution in [0.25, 0.3) is 0 Å². The van der Waals surface area contributed by atoms with Crippen LogP contribution in [-0.4, -0.2) is 22.0 Å². The van der Waals surface area contributed by atoms with E-state index in [2.05, 4.69) is 10.3 Å². The molecule has 0 fully saturated rings. The molecule has 0 aliphatic carbocycles. The smallest absolute Gasteiger partial charge is 0.338 e. The molecule has 0 saturated carbocycles. The van der Waals surface area contributed by atoms with E-state index in [0.717, 1.165) is 12.3 Å². The Morgan fingerprint density at radius 1 is 1.50 bits per heavy atom. The van der Waals surface area contributed by atoms with Crippen molar-refractivity contribution in [3.8, 4) is 0 Å². The van der Waals surface area contributed by atoms with Crippen LogP contribution in [0, 0.1) is 0 Å². The van der Waals surface area contributed by atoms with Crippen molar-refractivity contribution < 1.29 is 19.1 Å². The summed E-state index contributed by atoms with van der Waals surface area (Å²) in [5.41, 5.74) is -0.0655. The van der Waals surface area contributed by atoms with E-state index in [9.17, 15) is 9.59 Å². The lowest BCUT2D eigenvalue weighted by atomic mass is 10.3. The molecular formula is C9H6N2O4S. The van der Waals surface area contributed by atoms with Gasteiger partial charge in [0.2, 0.25) is 0 Å². The minimum atomic E-state index is -1.14. The Labute approximate surface area is 93.5 Å². The Morgan fingerprint density at radius 2 is 2.31 bits per heavy atom. The summed E-state index contributed by atoms with van der Waals surface area (Å²) in [4.78, 5) is 25.9. The number of carbonyl (C=O) groups excluding carboxylic acids is 1. The maximum atomic E-state index is 11.5. The van der Waals surface area contributed by atoms with E-state index in [-0.39, 0.29) is 11.3 Å². The first-order valence-corrected chi connectivity index (χ1v) is 5.07. The van der Waals surface area contributed by atoms with Crippen LogP contribution in [0.4, 0.5) is 5.13 Å². The number of amides is 1. The molecule has 2 aromatic rings. The van der Waals surface area contributed by atoms with Crippen LogP contribution in [0.5, 0.6) is 0 Å². The van der Waals surface area contributed by atoms with Gasteiger partial charge in [-0.05, 0) is 0 Å². The van der Waals surface area contributed by atoms with Gasteiger partial charge >= 0.3 is 5.97 Å². The predicted molar refractivity (Wildman–Crippen MR) is 55.7 cm³/mol. The molecule has 0 radical (unpaired) electrons. The van der Waals surface area contributed by atoms with Gasteiger partial charge in [0, 0.05) is 17.6 Å². The Hall–Kier alpha value is -2.15. The summed E-state index contributed by atoms with van der Waals surface area (Å²) in [5.74, 6) is -1.73. The van der Waals surface area contributed by atoms with Crippen LogP contribution in [0.3, 0.4) is 0 Å². The summed E-state index contributed by atoms with van der Waals surface area (Å²) in [6, 6.07) is 1.16. The summed E-state index contributed by atoms with van der Waals surface area (Å²) >= 11 is 1.26. The van der Waals surface area contributed by atoms with Crippen molar-refractivity contribution in [3.05, 3.63) is 35.2 Å². The number of carboxylic acid groups (broad SMARTS) is 1. The Bertz CT molecular complexity index is 517. The zero-order valence-electron chi connectivity index (χ0n) is 7.84. The standard InChI is InChI=1S/C9H6N2O4S/c12-7(11-9-10-1-2-16-9)6-3-5(4-15-6)8(13)14/h1-4H,(H,13,14)(H,10,11,12). The molecule has 16 heavy (non-hydrogen) atoms. The van der Waals surface area contributed by atoms with Gasteiger partial charge in [0.25, 0.3) is 5.91 Å². The number of hydrogen-bond acceptors (Lipinski definition) is 5. The summed E-state index contributed by atoms with van der Waals surface area (Å²) in [6.45, 7) is 0. The number of hydrogen-bond donors (Lipinski definition) is 2. The minimum absolute atomic E-state index is 0.0624. The highest BCUT2D eigenvalue weighted by Crippen LogP contribution is 2.14. The van der Waals surface area contributed by atoms with Crippen LogP contribution in [-0.2, 0) is 0 Å². The highest BCUT2D eigenvalue weighted by atomic mass is 32.1. The molecule has 2 rings (SSSR count). The van der Waals surface area contributed by atoms with Gasteiger partial charge in [0.1, 0.15) is 6.26 Å². The molecule has 7 heteroatoms. The van der Waals surface area contributed by atoms with Crippen molar-refractivity contribution in [1.29, 1.82) is 0 Å². The molecule has 2 aromatic heterocycles. The zero-order chi connectivity index (χ0) is 11.5. The van der Waals surface area contributed by atoms with Crippen LogP contribution in [0.15, 0.2) is 28.3 Å². The maximum Gasteiger partial charge on any atom is 0.338 e. The molecule has 0 aromatic carbocycles. The largest absolute Gasteiger partial charge is 0.478 e. The quantitative estimate of drug-likeness (QED) is 0.848. The Kier molecular flexibility index (Phi) is 2.69. The third kappa shape index (κ3) is 2.09. The lowest BCUT2D eigenvalue weighted by Gasteiger charge is -1.96. The molecule has 0 aliphatic rings. The summed E-state index contributed by atoms with van der Waals surface area (Å²) in [7, 11) is 0. The van der Waals surface area contributed by atoms with Gasteiger partial charge < -0.3 is 9.52 Å². The van der Waals surface area contributed by atoms with E-state index in [4.69, 9.17) is 9.52 Å². The van der Waals surface area contributed by atoms with Gasteiger partial charge in [-0.25, -0.2) is 9.78 Å². The second-order valence-corrected chi connectivity index (χ2v) is 3.69. The summed E-state index contributed by atoms with van der Waals surface area (Å²) < 4.78 is 4.82. The number of aromatic nitrogens is 1. The van der Waals surface area contributed by atoms with Crippen LogP contribution in [0.1, 0.15) is 20.9 Å². The number of nitrogens with zero attached hydrogens (tertiary/aromatic N) is 1. The van der Waals surface area contributed by atoms with Gasteiger partial charge in [-0.3, -0.25) is 10.1 Å². The maximum absolute atomic E-state index is 11.5. The van der Waals surface area contributed by atoms with Gasteiger partial charge in [-0.15, -0.1) is 11.3 Å². The molecule has 0 aliphatic heterocycles. The zero-order valence-corrected chi connectivity index (χ0v) is 8.65. The fourth-order valence-corrected chi connectivity index (χ4v) is 1.54. The monoisotopic (exact) mass is 238 g/mol. The second-order valence-electron chi connectivity index (χ2n) is 2.80. The first kappa shape index (κ1) is 10.4. The van der Waals surface area contributed by atoms with Crippen molar-refractivity contribution in [2.75, 3.05) is 5.32 Å². The van der Waals surface area contributed by atoms with E-state index < -0.39 is 11.9 Å². The Morgan fingerprint density at radius 3 is 2.88 bits per heavy atom. The van der Waals surface area contributed by atoms with E-state index >= 15 is 0 Å². The molecule has 0 unspecified atom stereocenters. The summed E-state index contributed by atoms with van der Waals surface area (Å²) in [6.07, 6.45) is 2.56. The molecule has 2 N–H and O–H groups in total. The number of carboxylic acids is 1. The third-order valence-electron chi connectivity index (χ3n) is 1.72. The average molecular weight is 238 g/mol. The number of rotatable bonds is 3. The van der Waals surface area contributed by atoms with Crippen molar-refractivity contribution in [1.82, 2.24) is 4.98 Å². The number of aromatic carboxylic acids is 1. The van der Waals surface area contributed by atoms with E-state index in [1.165, 1.54) is 11.3 Å². The molecule has 0 bridgehead atoms. The lowest BCUT2D eigenvalue weighted by Crippen LogP contribution is -2.10. The SMILES string of the molecule is O=C(O)c1coc(C(=O)Nc2nccs2)c1. The fraction of sp³-hybridized carbons (Fsp3) is 0. The van der Waals surface area contributed by atoms with Crippen molar-refractivity contribution in [2.45, 2.75) is 0 Å². The van der Waals surface area contributed by atoms with E-state index in [1.807, 2.05) is 0 Å². The number of carbonyl (C=O) groups is 2.